The van der Waals surface area contributed by atoms with Gasteiger partial charge in [-0.15, -0.1) is 0 Å². The zero-order valence-electron chi connectivity index (χ0n) is 18.9. The topological polar surface area (TPSA) is 94.3 Å². The van der Waals surface area contributed by atoms with Crippen LogP contribution in [0.25, 0.3) is 10.9 Å². The molecule has 2 aromatic carbocycles. The zero-order chi connectivity index (χ0) is 23.1. The van der Waals surface area contributed by atoms with E-state index in [1.165, 1.54) is 0 Å². The monoisotopic (exact) mass is 444 g/mol. The highest BCUT2D eigenvalue weighted by atomic mass is 16.2. The molecule has 3 aromatic rings. The Hall–Kier alpha value is -3.61. The summed E-state index contributed by atoms with van der Waals surface area (Å²) in [4.78, 5) is 44.5. The number of nitrogens with one attached hydrogen (secondary N) is 3. The van der Waals surface area contributed by atoms with E-state index in [-0.39, 0.29) is 23.8 Å². The lowest BCUT2D eigenvalue weighted by Crippen LogP contribution is -2.56. The molecule has 0 aliphatic carbocycles. The molecular formula is C26H28N4O3. The number of nitrogens with zero attached hydrogens (tertiary/aromatic N) is 1. The van der Waals surface area contributed by atoms with Gasteiger partial charge in [-0.05, 0) is 36.6 Å². The first-order valence-electron chi connectivity index (χ1n) is 11.6. The fourth-order valence-electron chi connectivity index (χ4n) is 5.05. The van der Waals surface area contributed by atoms with Crippen LogP contribution in [0.3, 0.4) is 0 Å². The van der Waals surface area contributed by atoms with Gasteiger partial charge in [0.1, 0.15) is 12.1 Å². The van der Waals surface area contributed by atoms with Gasteiger partial charge in [-0.3, -0.25) is 14.4 Å². The minimum absolute atomic E-state index is 0.153. The summed E-state index contributed by atoms with van der Waals surface area (Å²) in [5.74, 6) is -0.677. The van der Waals surface area contributed by atoms with Crippen LogP contribution < -0.4 is 10.6 Å². The summed E-state index contributed by atoms with van der Waals surface area (Å²) in [6, 6.07) is 13.8. The third kappa shape index (κ3) is 3.48. The molecule has 170 valence electrons. The van der Waals surface area contributed by atoms with E-state index >= 15 is 0 Å². The second-order valence-corrected chi connectivity index (χ2v) is 8.86. The van der Waals surface area contributed by atoms with Crippen molar-refractivity contribution in [3.05, 3.63) is 70.9 Å². The molecule has 1 aromatic heterocycles. The van der Waals surface area contributed by atoms with Crippen LogP contribution >= 0.6 is 0 Å². The molecule has 2 aliphatic rings. The number of aromatic nitrogens is 1. The predicted octanol–water partition coefficient (Wildman–Crippen LogP) is 3.06. The number of hydrogen-bond acceptors (Lipinski definition) is 3. The number of carbonyl (C=O) groups is 3. The molecule has 7 nitrogen and oxygen atoms in total. The Labute approximate surface area is 192 Å². The highest BCUT2D eigenvalue weighted by Gasteiger charge is 2.49. The lowest BCUT2D eigenvalue weighted by molar-refractivity contribution is -0.131. The average molecular weight is 445 g/mol. The van der Waals surface area contributed by atoms with Gasteiger partial charge in [0.15, 0.2) is 0 Å². The molecule has 7 heteroatoms. The van der Waals surface area contributed by atoms with Crippen molar-refractivity contribution in [2.75, 3.05) is 6.54 Å². The van der Waals surface area contributed by atoms with Gasteiger partial charge in [0.2, 0.25) is 11.8 Å². The van der Waals surface area contributed by atoms with Crippen molar-refractivity contribution in [1.29, 1.82) is 0 Å². The molecule has 3 atom stereocenters. The molecule has 5 rings (SSSR count). The van der Waals surface area contributed by atoms with Crippen LogP contribution in [0.4, 0.5) is 0 Å². The molecule has 0 radical (unpaired) electrons. The van der Waals surface area contributed by atoms with Crippen LogP contribution in [-0.2, 0) is 16.0 Å². The maximum Gasteiger partial charge on any atom is 0.255 e. The van der Waals surface area contributed by atoms with E-state index in [9.17, 15) is 14.4 Å². The van der Waals surface area contributed by atoms with E-state index in [0.717, 1.165) is 40.6 Å². The van der Waals surface area contributed by atoms with Crippen LogP contribution in [0.1, 0.15) is 59.9 Å². The first kappa shape index (κ1) is 21.2. The second kappa shape index (κ2) is 8.39. The molecular weight excluding hydrogens is 416 g/mol. The number of aromatic amines is 1. The van der Waals surface area contributed by atoms with Crippen molar-refractivity contribution in [3.8, 4) is 0 Å². The van der Waals surface area contributed by atoms with Crippen molar-refractivity contribution in [1.82, 2.24) is 20.5 Å². The van der Waals surface area contributed by atoms with Crippen molar-refractivity contribution < 1.29 is 14.4 Å². The summed E-state index contributed by atoms with van der Waals surface area (Å²) in [7, 11) is 0. The van der Waals surface area contributed by atoms with Crippen molar-refractivity contribution in [2.24, 2.45) is 0 Å². The van der Waals surface area contributed by atoms with E-state index in [1.54, 1.807) is 11.8 Å². The minimum Gasteiger partial charge on any atom is -0.356 e. The molecule has 0 bridgehead atoms. The van der Waals surface area contributed by atoms with Crippen LogP contribution in [0, 0.1) is 0 Å². The first-order valence-corrected chi connectivity index (χ1v) is 11.6. The first-order chi connectivity index (χ1) is 16.0. The molecule has 0 spiro atoms. The molecule has 3 heterocycles. The molecule has 2 aliphatic heterocycles. The van der Waals surface area contributed by atoms with Gasteiger partial charge in [-0.1, -0.05) is 49.7 Å². The summed E-state index contributed by atoms with van der Waals surface area (Å²) in [5, 5.41) is 6.77. The largest absolute Gasteiger partial charge is 0.356 e. The lowest BCUT2D eigenvalue weighted by atomic mass is 9.90. The van der Waals surface area contributed by atoms with Crippen LogP contribution in [-0.4, -0.2) is 46.2 Å². The quantitative estimate of drug-likeness (QED) is 0.510. The van der Waals surface area contributed by atoms with Gasteiger partial charge in [-0.25, -0.2) is 0 Å². The van der Waals surface area contributed by atoms with Crippen LogP contribution in [0.2, 0.25) is 0 Å². The summed E-state index contributed by atoms with van der Waals surface area (Å²) >= 11 is 0. The van der Waals surface area contributed by atoms with Gasteiger partial charge in [0, 0.05) is 35.1 Å². The number of unbranched alkanes of at least 4 members (excludes halogenated alkanes) is 1. The van der Waals surface area contributed by atoms with E-state index in [0.29, 0.717) is 18.5 Å². The Morgan fingerprint density at radius 2 is 1.91 bits per heavy atom. The SMILES string of the molecule is CCCCNC(=O)C(C)NC(=O)C1Cc2c([nH]c3ccccc23)C2c3ccccc3C(=O)N12. The van der Waals surface area contributed by atoms with E-state index < -0.39 is 12.1 Å². The van der Waals surface area contributed by atoms with Crippen LogP contribution in [0.15, 0.2) is 48.5 Å². The number of amides is 3. The zero-order valence-corrected chi connectivity index (χ0v) is 18.9. The number of H-pyrrole nitrogens is 1. The fraction of sp³-hybridized carbons (Fsp3) is 0.346. The standard InChI is InChI=1S/C26H28N4O3/c1-3-4-13-27-24(31)15(2)28-25(32)21-14-19-16-9-7-8-12-20(16)29-22(19)23-17-10-5-6-11-18(17)26(33)30(21)23/h5-12,15,21,23,29H,3-4,13-14H2,1-2H3,(H,27,31)(H,28,32). The highest BCUT2D eigenvalue weighted by Crippen LogP contribution is 2.46. The molecule has 3 unspecified atom stereocenters. The summed E-state index contributed by atoms with van der Waals surface area (Å²) in [5.41, 5.74) is 4.53. The molecule has 0 fully saturated rings. The number of fused-ring (bicyclic) bond motifs is 7. The maximum atomic E-state index is 13.5. The maximum absolute atomic E-state index is 13.5. The average Bonchev–Trinajstić information content (AvgIpc) is 3.34. The van der Waals surface area contributed by atoms with Gasteiger partial charge < -0.3 is 20.5 Å². The normalized spacial score (nSPS) is 19.6. The second-order valence-electron chi connectivity index (χ2n) is 8.86. The molecule has 0 saturated carbocycles. The summed E-state index contributed by atoms with van der Waals surface area (Å²) in [6.45, 7) is 4.32. The molecule has 0 saturated heterocycles. The number of benzene rings is 2. The number of hydrogen-bond donors (Lipinski definition) is 3. The fourth-order valence-corrected chi connectivity index (χ4v) is 5.05. The Bertz CT molecular complexity index is 1250. The highest BCUT2D eigenvalue weighted by molar-refractivity contribution is 6.04. The van der Waals surface area contributed by atoms with Gasteiger partial charge in [0.05, 0.1) is 6.04 Å². The molecule has 3 N–H and O–H groups in total. The lowest BCUT2D eigenvalue weighted by Gasteiger charge is -2.37. The Kier molecular flexibility index (Phi) is 5.40. The van der Waals surface area contributed by atoms with Gasteiger partial charge in [-0.2, -0.15) is 0 Å². The van der Waals surface area contributed by atoms with Gasteiger partial charge in [0.25, 0.3) is 5.91 Å². The molecule has 33 heavy (non-hydrogen) atoms. The van der Waals surface area contributed by atoms with Crippen molar-refractivity contribution >= 4 is 28.6 Å². The number of carbonyl (C=O) groups excluding carboxylic acids is 3. The van der Waals surface area contributed by atoms with Crippen molar-refractivity contribution in [3.63, 3.8) is 0 Å². The van der Waals surface area contributed by atoms with E-state index in [2.05, 4.69) is 22.5 Å². The van der Waals surface area contributed by atoms with Crippen LogP contribution in [0.5, 0.6) is 0 Å². The Morgan fingerprint density at radius 1 is 1.15 bits per heavy atom. The number of rotatable bonds is 6. The number of para-hydroxylation sites is 1. The predicted molar refractivity (Wildman–Crippen MR) is 126 cm³/mol. The van der Waals surface area contributed by atoms with E-state index in [4.69, 9.17) is 0 Å². The third-order valence-electron chi connectivity index (χ3n) is 6.74. The molecule has 3 amide bonds. The Balaban J connectivity index is 1.50. The van der Waals surface area contributed by atoms with Crippen molar-refractivity contribution in [2.45, 2.75) is 51.2 Å². The Morgan fingerprint density at radius 3 is 2.73 bits per heavy atom. The minimum atomic E-state index is -0.701. The van der Waals surface area contributed by atoms with Gasteiger partial charge >= 0.3 is 0 Å². The van der Waals surface area contributed by atoms with E-state index in [1.807, 2.05) is 48.5 Å². The third-order valence-corrected chi connectivity index (χ3v) is 6.74. The summed E-state index contributed by atoms with van der Waals surface area (Å²) in [6.07, 6.45) is 2.27. The smallest absolute Gasteiger partial charge is 0.255 e. The summed E-state index contributed by atoms with van der Waals surface area (Å²) < 4.78 is 0.